The fourth-order valence-corrected chi connectivity index (χ4v) is 4.57. The highest BCUT2D eigenvalue weighted by Crippen LogP contribution is 2.34. The number of carbonyl (C=O) groups is 2. The maximum absolute atomic E-state index is 13.3. The summed E-state index contributed by atoms with van der Waals surface area (Å²) in [5, 5.41) is 7.20. The van der Waals surface area contributed by atoms with Gasteiger partial charge in [-0.05, 0) is 57.1 Å². The minimum absolute atomic E-state index is 0.0864. The van der Waals surface area contributed by atoms with Gasteiger partial charge >= 0.3 is 5.97 Å². The van der Waals surface area contributed by atoms with Crippen LogP contribution in [0.15, 0.2) is 62.7 Å². The average Bonchev–Trinajstić information content (AvgIpc) is 3.58. The van der Waals surface area contributed by atoms with Crippen LogP contribution in [0.4, 0.5) is 0 Å². The molecule has 0 saturated carbocycles. The predicted octanol–water partition coefficient (Wildman–Crippen LogP) is 3.98. The number of para-hydroxylation sites is 1. The molecule has 1 amide bonds. The van der Waals surface area contributed by atoms with Crippen molar-refractivity contribution in [3.63, 3.8) is 0 Å². The number of furan rings is 2. The lowest BCUT2D eigenvalue weighted by Crippen LogP contribution is -2.43. The smallest absolute Gasteiger partial charge is 0.309 e. The molecular formula is C25H27N3O5. The van der Waals surface area contributed by atoms with E-state index in [2.05, 4.69) is 10.0 Å². The van der Waals surface area contributed by atoms with Gasteiger partial charge in [-0.2, -0.15) is 5.10 Å². The Bertz CT molecular complexity index is 1120. The molecule has 33 heavy (non-hydrogen) atoms. The monoisotopic (exact) mass is 449 g/mol. The van der Waals surface area contributed by atoms with Crippen molar-refractivity contribution in [1.29, 1.82) is 0 Å². The van der Waals surface area contributed by atoms with E-state index in [1.165, 1.54) is 5.01 Å². The van der Waals surface area contributed by atoms with Gasteiger partial charge in [-0.3, -0.25) is 14.5 Å². The summed E-state index contributed by atoms with van der Waals surface area (Å²) in [6.07, 6.45) is 3.52. The number of rotatable bonds is 6. The van der Waals surface area contributed by atoms with E-state index in [9.17, 15) is 9.59 Å². The SMILES string of the molecule is CCOC(=O)C1CCN(CC(=O)N2N=C(c3cc4ccccc4o3)C[C@H]2c2ccco2)CC1. The summed E-state index contributed by atoms with van der Waals surface area (Å²) >= 11 is 0. The van der Waals surface area contributed by atoms with Crippen LogP contribution in [-0.2, 0) is 14.3 Å². The van der Waals surface area contributed by atoms with Crippen LogP contribution in [-0.4, -0.2) is 53.7 Å². The number of benzene rings is 1. The van der Waals surface area contributed by atoms with Crippen LogP contribution >= 0.6 is 0 Å². The first-order valence-corrected chi connectivity index (χ1v) is 11.4. The zero-order valence-electron chi connectivity index (χ0n) is 18.6. The molecule has 3 aromatic rings. The highest BCUT2D eigenvalue weighted by atomic mass is 16.5. The Balaban J connectivity index is 1.31. The number of carbonyl (C=O) groups excluding carboxylic acids is 2. The topological polar surface area (TPSA) is 88.5 Å². The van der Waals surface area contributed by atoms with Gasteiger partial charge in [-0.15, -0.1) is 0 Å². The zero-order chi connectivity index (χ0) is 22.8. The highest BCUT2D eigenvalue weighted by Gasteiger charge is 2.37. The molecule has 4 heterocycles. The van der Waals surface area contributed by atoms with Crippen molar-refractivity contribution in [2.75, 3.05) is 26.2 Å². The van der Waals surface area contributed by atoms with Crippen molar-refractivity contribution in [2.24, 2.45) is 11.0 Å². The number of esters is 1. The maximum Gasteiger partial charge on any atom is 0.309 e. The molecule has 1 atom stereocenters. The number of piperidine rings is 1. The minimum Gasteiger partial charge on any atom is -0.467 e. The molecule has 1 saturated heterocycles. The lowest BCUT2D eigenvalue weighted by atomic mass is 9.97. The number of hydrogen-bond donors (Lipinski definition) is 0. The van der Waals surface area contributed by atoms with Crippen LogP contribution in [0.5, 0.6) is 0 Å². The van der Waals surface area contributed by atoms with E-state index in [1.807, 2.05) is 49.4 Å². The van der Waals surface area contributed by atoms with Gasteiger partial charge in [0.2, 0.25) is 0 Å². The molecule has 0 spiro atoms. The van der Waals surface area contributed by atoms with E-state index < -0.39 is 0 Å². The van der Waals surface area contributed by atoms with Crippen LogP contribution in [0.3, 0.4) is 0 Å². The second-order valence-electron chi connectivity index (χ2n) is 8.47. The van der Waals surface area contributed by atoms with Crippen LogP contribution in [0.1, 0.15) is 43.7 Å². The number of nitrogens with zero attached hydrogens (tertiary/aromatic N) is 3. The molecule has 0 unspecified atom stereocenters. The van der Waals surface area contributed by atoms with Crippen LogP contribution < -0.4 is 0 Å². The number of ether oxygens (including phenoxy) is 1. The molecule has 0 radical (unpaired) electrons. The quantitative estimate of drug-likeness (QED) is 0.529. The summed E-state index contributed by atoms with van der Waals surface area (Å²) < 4.78 is 16.8. The normalized spacial score (nSPS) is 19.7. The summed E-state index contributed by atoms with van der Waals surface area (Å²) in [6, 6.07) is 13.1. The average molecular weight is 450 g/mol. The Morgan fingerprint density at radius 1 is 1.15 bits per heavy atom. The summed E-state index contributed by atoms with van der Waals surface area (Å²) in [5.41, 5.74) is 1.51. The van der Waals surface area contributed by atoms with E-state index in [0.29, 0.717) is 50.5 Å². The molecule has 5 rings (SSSR count). The maximum atomic E-state index is 13.3. The van der Waals surface area contributed by atoms with E-state index >= 15 is 0 Å². The number of hydrazone groups is 1. The standard InChI is InChI=1S/C25H27N3O5/c1-2-31-25(30)17-9-11-27(12-10-17)16-24(29)28-20(22-8-5-13-32-22)15-19(26-28)23-14-18-6-3-4-7-21(18)33-23/h3-8,13-14,17,20H,2,9-12,15-16H2,1H3/t20-/m0/s1. The highest BCUT2D eigenvalue weighted by molar-refractivity contribution is 6.03. The Morgan fingerprint density at radius 3 is 2.70 bits per heavy atom. The molecule has 0 bridgehead atoms. The zero-order valence-corrected chi connectivity index (χ0v) is 18.6. The van der Waals surface area contributed by atoms with Gasteiger partial charge in [0.25, 0.3) is 5.91 Å². The second-order valence-corrected chi connectivity index (χ2v) is 8.47. The van der Waals surface area contributed by atoms with E-state index in [4.69, 9.17) is 13.6 Å². The van der Waals surface area contributed by atoms with Crippen molar-refractivity contribution in [2.45, 2.75) is 32.2 Å². The third kappa shape index (κ3) is 4.43. The van der Waals surface area contributed by atoms with Gasteiger partial charge < -0.3 is 13.6 Å². The van der Waals surface area contributed by atoms with E-state index in [-0.39, 0.29) is 30.4 Å². The van der Waals surface area contributed by atoms with Gasteiger partial charge in [0.1, 0.15) is 23.1 Å². The van der Waals surface area contributed by atoms with Crippen LogP contribution in [0.2, 0.25) is 0 Å². The third-order valence-corrected chi connectivity index (χ3v) is 6.31. The lowest BCUT2D eigenvalue weighted by molar-refractivity contribution is -0.149. The summed E-state index contributed by atoms with van der Waals surface area (Å²) in [6.45, 7) is 3.80. The van der Waals surface area contributed by atoms with Gasteiger partial charge in [0.05, 0.1) is 25.3 Å². The first kappa shape index (κ1) is 21.5. The largest absolute Gasteiger partial charge is 0.467 e. The molecule has 8 heteroatoms. The molecule has 1 fully saturated rings. The van der Waals surface area contributed by atoms with Gasteiger partial charge in [-0.1, -0.05) is 18.2 Å². The van der Waals surface area contributed by atoms with Gasteiger partial charge in [-0.25, -0.2) is 5.01 Å². The van der Waals surface area contributed by atoms with E-state index in [0.717, 1.165) is 16.7 Å². The minimum atomic E-state index is -0.312. The van der Waals surface area contributed by atoms with Crippen molar-refractivity contribution in [3.05, 3.63) is 60.2 Å². The molecule has 1 aromatic carbocycles. The fourth-order valence-electron chi connectivity index (χ4n) is 4.57. The molecule has 2 aliphatic rings. The number of likely N-dealkylation sites (tertiary alicyclic amines) is 1. The Morgan fingerprint density at radius 2 is 1.97 bits per heavy atom. The summed E-state index contributed by atoms with van der Waals surface area (Å²) in [7, 11) is 0. The molecule has 172 valence electrons. The fraction of sp³-hybridized carbons (Fsp3) is 0.400. The summed E-state index contributed by atoms with van der Waals surface area (Å²) in [4.78, 5) is 27.4. The van der Waals surface area contributed by atoms with Crippen LogP contribution in [0.25, 0.3) is 11.0 Å². The first-order chi connectivity index (χ1) is 16.1. The number of amides is 1. The van der Waals surface area contributed by atoms with E-state index in [1.54, 1.807) is 6.26 Å². The van der Waals surface area contributed by atoms with Gasteiger partial charge in [0.15, 0.2) is 5.76 Å². The Hall–Kier alpha value is -3.39. The summed E-state index contributed by atoms with van der Waals surface area (Å²) in [5.74, 6) is 1.03. The van der Waals surface area contributed by atoms with Crippen molar-refractivity contribution >= 4 is 28.6 Å². The molecular weight excluding hydrogens is 422 g/mol. The molecule has 8 nitrogen and oxygen atoms in total. The number of fused-ring (bicyclic) bond motifs is 1. The molecule has 0 aliphatic carbocycles. The molecule has 2 aliphatic heterocycles. The Kier molecular flexibility index (Phi) is 6.00. The number of hydrogen-bond acceptors (Lipinski definition) is 7. The van der Waals surface area contributed by atoms with Crippen LogP contribution in [0, 0.1) is 5.92 Å². The third-order valence-electron chi connectivity index (χ3n) is 6.31. The molecule has 2 aromatic heterocycles. The molecule has 0 N–H and O–H groups in total. The predicted molar refractivity (Wildman–Crippen MR) is 121 cm³/mol. The van der Waals surface area contributed by atoms with Gasteiger partial charge in [0, 0.05) is 11.8 Å². The Labute approximate surface area is 191 Å². The lowest BCUT2D eigenvalue weighted by Gasteiger charge is -2.31. The van der Waals surface area contributed by atoms with Crippen molar-refractivity contribution in [3.8, 4) is 0 Å². The van der Waals surface area contributed by atoms with Crippen molar-refractivity contribution < 1.29 is 23.2 Å². The van der Waals surface area contributed by atoms with Crippen molar-refractivity contribution in [1.82, 2.24) is 9.91 Å². The second kappa shape index (κ2) is 9.23. The first-order valence-electron chi connectivity index (χ1n) is 11.4.